The van der Waals surface area contributed by atoms with Crippen molar-refractivity contribution < 1.29 is 19.0 Å². The summed E-state index contributed by atoms with van der Waals surface area (Å²) in [5, 5.41) is 0. The molecule has 1 aliphatic heterocycles. The highest BCUT2D eigenvalue weighted by atomic mass is 32.1. The zero-order valence-corrected chi connectivity index (χ0v) is 26.3. The molecule has 0 aliphatic carbocycles. The Morgan fingerprint density at radius 3 is 2.37 bits per heavy atom. The van der Waals surface area contributed by atoms with Gasteiger partial charge in [-0.25, -0.2) is 9.79 Å². The maximum Gasteiger partial charge on any atom is 0.337 e. The van der Waals surface area contributed by atoms with Crippen LogP contribution in [-0.4, -0.2) is 49.5 Å². The van der Waals surface area contributed by atoms with Gasteiger partial charge in [-0.1, -0.05) is 17.4 Å². The number of carbonyl (C=O) groups excluding carboxylic acids is 1. The van der Waals surface area contributed by atoms with Gasteiger partial charge in [-0.3, -0.25) is 9.36 Å². The number of rotatable bonds is 9. The third kappa shape index (κ3) is 5.62. The number of anilines is 1. The van der Waals surface area contributed by atoms with Gasteiger partial charge in [-0.05, 0) is 87.4 Å². The zero-order valence-electron chi connectivity index (χ0n) is 25.5. The molecule has 0 saturated carbocycles. The van der Waals surface area contributed by atoms with Crippen molar-refractivity contribution in [2.45, 2.75) is 33.7 Å². The van der Waals surface area contributed by atoms with E-state index in [9.17, 15) is 9.59 Å². The minimum Gasteiger partial charge on any atom is -0.490 e. The van der Waals surface area contributed by atoms with E-state index in [2.05, 4.69) is 51.7 Å². The SMILES string of the molecule is CCOc1ccc([C@H]2C(C(=O)OC)=CN=c3s/c(=C\c4cc(C)n(-c5ccc(N(C)C)cc5)c4C)c(=O)n32)cc1OCC. The Hall–Kier alpha value is -4.57. The average Bonchev–Trinajstić information content (AvgIpc) is 3.47. The van der Waals surface area contributed by atoms with Gasteiger partial charge in [0, 0.05) is 43.1 Å². The van der Waals surface area contributed by atoms with Crippen LogP contribution in [0.5, 0.6) is 11.5 Å². The van der Waals surface area contributed by atoms with Crippen molar-refractivity contribution in [2.75, 3.05) is 39.3 Å². The van der Waals surface area contributed by atoms with E-state index in [1.807, 2.05) is 53.1 Å². The van der Waals surface area contributed by atoms with Crippen LogP contribution in [0.4, 0.5) is 5.69 Å². The van der Waals surface area contributed by atoms with Gasteiger partial charge in [0.15, 0.2) is 16.3 Å². The Labute approximate surface area is 254 Å². The van der Waals surface area contributed by atoms with Crippen LogP contribution in [0.1, 0.15) is 42.4 Å². The van der Waals surface area contributed by atoms with Crippen LogP contribution in [0.15, 0.2) is 70.1 Å². The maximum absolute atomic E-state index is 14.0. The summed E-state index contributed by atoms with van der Waals surface area (Å²) in [6, 6.07) is 15.1. The fraction of sp³-hybridized carbons (Fsp3) is 0.303. The molecule has 0 spiro atoms. The van der Waals surface area contributed by atoms with Crippen molar-refractivity contribution in [3.8, 4) is 17.2 Å². The number of aromatic nitrogens is 2. The van der Waals surface area contributed by atoms with E-state index in [0.29, 0.717) is 39.6 Å². The number of hydrogen-bond donors (Lipinski definition) is 0. The first kappa shape index (κ1) is 29.9. The molecule has 0 saturated heterocycles. The molecule has 2 aromatic carbocycles. The molecule has 2 aromatic heterocycles. The number of ether oxygens (including phenoxy) is 3. The summed E-state index contributed by atoms with van der Waals surface area (Å²) in [4.78, 5) is 34.0. The standard InChI is InChI=1S/C33H36N4O5S/c1-8-41-27-15-10-22(17-28(27)42-9-2)30-26(32(39)40-7)19-34-33-37(30)31(38)29(43-33)18-23-16-20(3)36(21(23)4)25-13-11-24(12-14-25)35(5)6/h10-19,30H,8-9H2,1-7H3/b29-18-/t30-/m0/s1. The number of nitrogens with zero attached hydrogens (tertiary/aromatic N) is 4. The molecule has 0 amide bonds. The van der Waals surface area contributed by atoms with E-state index < -0.39 is 12.0 Å². The fourth-order valence-corrected chi connectivity index (χ4v) is 6.32. The second-order valence-corrected chi connectivity index (χ2v) is 11.3. The Balaban J connectivity index is 1.63. The van der Waals surface area contributed by atoms with E-state index in [4.69, 9.17) is 14.2 Å². The molecule has 0 bridgehead atoms. The number of hydrogen-bond acceptors (Lipinski definition) is 8. The minimum absolute atomic E-state index is 0.241. The first-order valence-corrected chi connectivity index (χ1v) is 15.0. The van der Waals surface area contributed by atoms with E-state index in [0.717, 1.165) is 28.3 Å². The molecular weight excluding hydrogens is 564 g/mol. The lowest BCUT2D eigenvalue weighted by Crippen LogP contribution is -2.39. The van der Waals surface area contributed by atoms with Crippen molar-refractivity contribution in [3.63, 3.8) is 0 Å². The molecule has 9 nitrogen and oxygen atoms in total. The molecule has 0 radical (unpaired) electrons. The number of esters is 1. The molecule has 10 heteroatoms. The highest BCUT2D eigenvalue weighted by Crippen LogP contribution is 2.35. The summed E-state index contributed by atoms with van der Waals surface area (Å²) in [6.45, 7) is 8.80. The molecule has 0 unspecified atom stereocenters. The van der Waals surface area contributed by atoms with Gasteiger partial charge in [-0.15, -0.1) is 0 Å². The highest BCUT2D eigenvalue weighted by Gasteiger charge is 2.31. The number of methoxy groups -OCH3 is 1. The molecule has 0 N–H and O–H groups in total. The van der Waals surface area contributed by atoms with Gasteiger partial charge in [0.05, 0.1) is 36.5 Å². The maximum atomic E-state index is 14.0. The number of aryl methyl sites for hydroxylation is 1. The number of benzene rings is 2. The summed E-state index contributed by atoms with van der Waals surface area (Å²) in [6.07, 6.45) is 3.39. The summed E-state index contributed by atoms with van der Waals surface area (Å²) in [7, 11) is 5.35. The van der Waals surface area contributed by atoms with Crippen LogP contribution in [0.25, 0.3) is 11.8 Å². The van der Waals surface area contributed by atoms with Gasteiger partial charge in [0.25, 0.3) is 5.56 Å². The number of carbonyl (C=O) groups is 1. The molecule has 0 fully saturated rings. The van der Waals surface area contributed by atoms with Crippen LogP contribution < -0.4 is 29.3 Å². The molecular formula is C33H36N4O5S. The fourth-order valence-electron chi connectivity index (χ4n) is 5.36. The largest absolute Gasteiger partial charge is 0.490 e. The molecule has 1 aliphatic rings. The molecule has 224 valence electrons. The average molecular weight is 601 g/mol. The second-order valence-electron chi connectivity index (χ2n) is 10.3. The lowest BCUT2D eigenvalue weighted by atomic mass is 9.97. The van der Waals surface area contributed by atoms with Crippen molar-refractivity contribution in [3.05, 3.63) is 103 Å². The molecule has 3 heterocycles. The van der Waals surface area contributed by atoms with Crippen molar-refractivity contribution in [1.29, 1.82) is 0 Å². The molecule has 43 heavy (non-hydrogen) atoms. The Morgan fingerprint density at radius 2 is 1.72 bits per heavy atom. The lowest BCUT2D eigenvalue weighted by molar-refractivity contribution is -0.136. The van der Waals surface area contributed by atoms with E-state index in [1.165, 1.54) is 24.6 Å². The van der Waals surface area contributed by atoms with Crippen molar-refractivity contribution >= 4 is 29.1 Å². The van der Waals surface area contributed by atoms with Gasteiger partial charge < -0.3 is 23.7 Å². The van der Waals surface area contributed by atoms with Gasteiger partial charge in [0.2, 0.25) is 0 Å². The second kappa shape index (κ2) is 12.3. The van der Waals surface area contributed by atoms with Gasteiger partial charge >= 0.3 is 5.97 Å². The third-order valence-electron chi connectivity index (χ3n) is 7.39. The van der Waals surface area contributed by atoms with Crippen LogP contribution >= 0.6 is 11.3 Å². The summed E-state index contributed by atoms with van der Waals surface area (Å²) in [5.41, 5.74) is 5.87. The normalized spacial score (nSPS) is 14.5. The lowest BCUT2D eigenvalue weighted by Gasteiger charge is -2.23. The first-order chi connectivity index (χ1) is 20.7. The first-order valence-electron chi connectivity index (χ1n) is 14.1. The van der Waals surface area contributed by atoms with E-state index in [-0.39, 0.29) is 11.1 Å². The smallest absolute Gasteiger partial charge is 0.337 e. The van der Waals surface area contributed by atoms with Gasteiger partial charge in [0.1, 0.15) is 0 Å². The summed E-state index contributed by atoms with van der Waals surface area (Å²) >= 11 is 1.29. The van der Waals surface area contributed by atoms with Crippen molar-refractivity contribution in [2.24, 2.45) is 4.99 Å². The van der Waals surface area contributed by atoms with Crippen LogP contribution in [0.2, 0.25) is 0 Å². The van der Waals surface area contributed by atoms with Crippen LogP contribution in [0, 0.1) is 13.8 Å². The highest BCUT2D eigenvalue weighted by molar-refractivity contribution is 7.07. The predicted molar refractivity (Wildman–Crippen MR) is 170 cm³/mol. The van der Waals surface area contributed by atoms with E-state index in [1.54, 1.807) is 10.6 Å². The topological polar surface area (TPSA) is 87.3 Å². The minimum atomic E-state index is -0.747. The van der Waals surface area contributed by atoms with Crippen LogP contribution in [0.3, 0.4) is 0 Å². The van der Waals surface area contributed by atoms with E-state index >= 15 is 0 Å². The summed E-state index contributed by atoms with van der Waals surface area (Å²) in [5.74, 6) is 0.575. The van der Waals surface area contributed by atoms with Gasteiger partial charge in [-0.2, -0.15) is 0 Å². The molecule has 1 atom stereocenters. The summed E-state index contributed by atoms with van der Waals surface area (Å²) < 4.78 is 20.9. The Kier molecular flexibility index (Phi) is 8.59. The number of fused-ring (bicyclic) bond motifs is 1. The quantitative estimate of drug-likeness (QED) is 0.267. The Morgan fingerprint density at radius 1 is 1.02 bits per heavy atom. The third-order valence-corrected chi connectivity index (χ3v) is 8.39. The molecule has 5 rings (SSSR count). The number of thiazole rings is 1. The zero-order chi connectivity index (χ0) is 30.8. The predicted octanol–water partition coefficient (Wildman–Crippen LogP) is 4.29. The Bertz CT molecular complexity index is 1880. The van der Waals surface area contributed by atoms with Crippen LogP contribution in [-0.2, 0) is 9.53 Å². The van der Waals surface area contributed by atoms with Crippen molar-refractivity contribution in [1.82, 2.24) is 9.13 Å². The molecule has 4 aromatic rings. The monoisotopic (exact) mass is 600 g/mol.